The van der Waals surface area contributed by atoms with E-state index in [1.54, 1.807) is 0 Å². The highest BCUT2D eigenvalue weighted by molar-refractivity contribution is 4.87. The molecule has 0 spiro atoms. The van der Waals surface area contributed by atoms with E-state index in [4.69, 9.17) is 0 Å². The third kappa shape index (κ3) is 4.01. The maximum Gasteiger partial charge on any atom is 0.0580 e. The first kappa shape index (κ1) is 15.8. The second-order valence-electron chi connectivity index (χ2n) is 8.15. The molecule has 1 saturated heterocycles. The average molecular weight is 293 g/mol. The van der Waals surface area contributed by atoms with Crippen molar-refractivity contribution in [3.05, 3.63) is 0 Å². The highest BCUT2D eigenvalue weighted by Gasteiger charge is 2.34. The van der Waals surface area contributed by atoms with Crippen LogP contribution in [0, 0.1) is 23.7 Å². The molecule has 0 amide bonds. The zero-order valence-electron chi connectivity index (χ0n) is 14.0. The Morgan fingerprint density at radius 1 is 1.00 bits per heavy atom. The summed E-state index contributed by atoms with van der Waals surface area (Å²) < 4.78 is 0. The summed E-state index contributed by atoms with van der Waals surface area (Å²) in [5.74, 6) is 3.44. The van der Waals surface area contributed by atoms with E-state index in [0.717, 1.165) is 24.2 Å². The molecule has 0 aromatic heterocycles. The predicted molar refractivity (Wildman–Crippen MR) is 88.3 cm³/mol. The third-order valence-electron chi connectivity index (χ3n) is 6.62. The van der Waals surface area contributed by atoms with Crippen molar-refractivity contribution in [2.45, 2.75) is 77.2 Å². The zero-order chi connectivity index (χ0) is 14.7. The number of nitrogens with zero attached hydrogens (tertiary/aromatic N) is 1. The number of aliphatic hydroxyl groups excluding tert-OH is 1. The van der Waals surface area contributed by atoms with Crippen LogP contribution in [-0.4, -0.2) is 35.7 Å². The standard InChI is InChI=1S/C19H35NO/c1-2-5-15-8-9-19(21)18(12-15)14-20-11-10-16-6-3-4-7-17(16)13-20/h15-19,21H,2-14H2,1H3. The molecule has 122 valence electrons. The summed E-state index contributed by atoms with van der Waals surface area (Å²) in [6, 6.07) is 0. The van der Waals surface area contributed by atoms with Gasteiger partial charge in [0.1, 0.15) is 0 Å². The lowest BCUT2D eigenvalue weighted by atomic mass is 9.74. The van der Waals surface area contributed by atoms with Crippen molar-refractivity contribution in [3.8, 4) is 0 Å². The first-order chi connectivity index (χ1) is 10.3. The second-order valence-corrected chi connectivity index (χ2v) is 8.15. The lowest BCUT2D eigenvalue weighted by Gasteiger charge is -2.44. The van der Waals surface area contributed by atoms with E-state index >= 15 is 0 Å². The van der Waals surface area contributed by atoms with Crippen molar-refractivity contribution in [2.24, 2.45) is 23.7 Å². The van der Waals surface area contributed by atoms with Gasteiger partial charge in [-0.3, -0.25) is 0 Å². The minimum Gasteiger partial charge on any atom is -0.393 e. The Morgan fingerprint density at radius 2 is 1.81 bits per heavy atom. The van der Waals surface area contributed by atoms with E-state index in [1.807, 2.05) is 0 Å². The first-order valence-electron chi connectivity index (χ1n) is 9.66. The van der Waals surface area contributed by atoms with Gasteiger partial charge < -0.3 is 10.0 Å². The van der Waals surface area contributed by atoms with Crippen LogP contribution in [0.3, 0.4) is 0 Å². The van der Waals surface area contributed by atoms with Crippen LogP contribution in [0.1, 0.15) is 71.1 Å². The van der Waals surface area contributed by atoms with Gasteiger partial charge in [-0.1, -0.05) is 39.0 Å². The van der Waals surface area contributed by atoms with E-state index in [-0.39, 0.29) is 6.10 Å². The van der Waals surface area contributed by atoms with Gasteiger partial charge >= 0.3 is 0 Å². The Labute approximate surface area is 131 Å². The van der Waals surface area contributed by atoms with E-state index in [1.165, 1.54) is 77.4 Å². The highest BCUT2D eigenvalue weighted by atomic mass is 16.3. The van der Waals surface area contributed by atoms with Crippen molar-refractivity contribution in [1.82, 2.24) is 4.90 Å². The largest absolute Gasteiger partial charge is 0.393 e. The number of hydrogen-bond donors (Lipinski definition) is 1. The normalized spacial score (nSPS) is 41.7. The van der Waals surface area contributed by atoms with Gasteiger partial charge in [0, 0.05) is 13.1 Å². The predicted octanol–water partition coefficient (Wildman–Crippen LogP) is 4.08. The molecule has 3 rings (SSSR count). The maximum atomic E-state index is 10.4. The lowest BCUT2D eigenvalue weighted by molar-refractivity contribution is 0.00581. The summed E-state index contributed by atoms with van der Waals surface area (Å²) in [5, 5.41) is 10.4. The second kappa shape index (κ2) is 7.46. The minimum absolute atomic E-state index is 0.0258. The van der Waals surface area contributed by atoms with Crippen LogP contribution in [0.15, 0.2) is 0 Å². The number of rotatable bonds is 4. The molecule has 0 aromatic carbocycles. The molecule has 5 atom stereocenters. The van der Waals surface area contributed by atoms with Gasteiger partial charge in [0.25, 0.3) is 0 Å². The van der Waals surface area contributed by atoms with Crippen LogP contribution in [0.2, 0.25) is 0 Å². The number of hydrogen-bond acceptors (Lipinski definition) is 2. The van der Waals surface area contributed by atoms with Gasteiger partial charge in [0.2, 0.25) is 0 Å². The molecule has 3 fully saturated rings. The van der Waals surface area contributed by atoms with Gasteiger partial charge in [0.05, 0.1) is 6.10 Å². The van der Waals surface area contributed by atoms with E-state index < -0.39 is 0 Å². The quantitative estimate of drug-likeness (QED) is 0.844. The molecule has 3 aliphatic rings. The van der Waals surface area contributed by atoms with Crippen molar-refractivity contribution in [1.29, 1.82) is 0 Å². The van der Waals surface area contributed by atoms with Gasteiger partial charge in [-0.05, 0) is 62.3 Å². The number of piperidine rings is 1. The number of fused-ring (bicyclic) bond motifs is 1. The van der Waals surface area contributed by atoms with Gasteiger partial charge in [-0.15, -0.1) is 0 Å². The van der Waals surface area contributed by atoms with Gasteiger partial charge in [-0.2, -0.15) is 0 Å². The molecule has 5 unspecified atom stereocenters. The Balaban J connectivity index is 1.50. The van der Waals surface area contributed by atoms with Crippen LogP contribution >= 0.6 is 0 Å². The molecule has 2 aliphatic carbocycles. The van der Waals surface area contributed by atoms with E-state index in [9.17, 15) is 5.11 Å². The van der Waals surface area contributed by atoms with E-state index in [2.05, 4.69) is 11.8 Å². The monoisotopic (exact) mass is 293 g/mol. The van der Waals surface area contributed by atoms with Crippen molar-refractivity contribution in [3.63, 3.8) is 0 Å². The summed E-state index contributed by atoms with van der Waals surface area (Å²) in [6.07, 6.45) is 13.5. The van der Waals surface area contributed by atoms with Crippen molar-refractivity contribution >= 4 is 0 Å². The Morgan fingerprint density at radius 3 is 2.62 bits per heavy atom. The molecular formula is C19H35NO. The summed E-state index contributed by atoms with van der Waals surface area (Å²) in [4.78, 5) is 2.70. The maximum absolute atomic E-state index is 10.4. The number of likely N-dealkylation sites (tertiary alicyclic amines) is 1. The van der Waals surface area contributed by atoms with E-state index in [0.29, 0.717) is 5.92 Å². The molecular weight excluding hydrogens is 258 g/mol. The fourth-order valence-corrected chi connectivity index (χ4v) is 5.39. The van der Waals surface area contributed by atoms with Crippen LogP contribution in [0.4, 0.5) is 0 Å². The van der Waals surface area contributed by atoms with Crippen LogP contribution in [-0.2, 0) is 0 Å². The summed E-state index contributed by atoms with van der Waals surface area (Å²) in [7, 11) is 0. The fourth-order valence-electron chi connectivity index (χ4n) is 5.39. The molecule has 0 radical (unpaired) electrons. The van der Waals surface area contributed by atoms with Crippen molar-refractivity contribution in [2.75, 3.05) is 19.6 Å². The molecule has 2 saturated carbocycles. The zero-order valence-corrected chi connectivity index (χ0v) is 14.0. The Bertz CT molecular complexity index is 319. The topological polar surface area (TPSA) is 23.5 Å². The molecule has 21 heavy (non-hydrogen) atoms. The average Bonchev–Trinajstić information content (AvgIpc) is 2.51. The smallest absolute Gasteiger partial charge is 0.0580 e. The molecule has 1 heterocycles. The van der Waals surface area contributed by atoms with Gasteiger partial charge in [-0.25, -0.2) is 0 Å². The number of aliphatic hydroxyl groups is 1. The van der Waals surface area contributed by atoms with Crippen molar-refractivity contribution < 1.29 is 5.11 Å². The highest BCUT2D eigenvalue weighted by Crippen LogP contribution is 2.38. The molecule has 0 aromatic rings. The summed E-state index contributed by atoms with van der Waals surface area (Å²) in [5.41, 5.74) is 0. The van der Waals surface area contributed by atoms with Crippen LogP contribution in [0.25, 0.3) is 0 Å². The lowest BCUT2D eigenvalue weighted by Crippen LogP contribution is -2.46. The molecule has 2 nitrogen and oxygen atoms in total. The molecule has 1 N–H and O–H groups in total. The third-order valence-corrected chi connectivity index (χ3v) is 6.62. The first-order valence-corrected chi connectivity index (χ1v) is 9.66. The summed E-state index contributed by atoms with van der Waals surface area (Å²) in [6.45, 7) is 6.09. The molecule has 0 bridgehead atoms. The Hall–Kier alpha value is -0.0800. The Kier molecular flexibility index (Phi) is 5.61. The van der Waals surface area contributed by atoms with Crippen LogP contribution in [0.5, 0.6) is 0 Å². The minimum atomic E-state index is -0.0258. The fraction of sp³-hybridized carbons (Fsp3) is 1.00. The molecule has 1 aliphatic heterocycles. The van der Waals surface area contributed by atoms with Gasteiger partial charge in [0.15, 0.2) is 0 Å². The molecule has 2 heteroatoms. The van der Waals surface area contributed by atoms with Crippen LogP contribution < -0.4 is 0 Å². The SMILES string of the molecule is CCCC1CCC(O)C(CN2CCC3CCCCC3C2)C1. The summed E-state index contributed by atoms with van der Waals surface area (Å²) >= 11 is 0.